The molecule has 3 nitrogen and oxygen atoms in total. The Bertz CT molecular complexity index is 421. The third-order valence-electron chi connectivity index (χ3n) is 2.81. The van der Waals surface area contributed by atoms with Crippen LogP contribution in [0.15, 0.2) is 18.2 Å². The molecule has 1 aromatic carbocycles. The Morgan fingerprint density at radius 1 is 1.30 bits per heavy atom. The highest BCUT2D eigenvalue weighted by atomic mass is 19.4. The molecule has 1 N–H and O–H groups in total. The van der Waals surface area contributed by atoms with Gasteiger partial charge in [-0.1, -0.05) is 13.0 Å². The molecule has 1 rings (SSSR count). The van der Waals surface area contributed by atoms with Crippen LogP contribution in [0.2, 0.25) is 0 Å². The van der Waals surface area contributed by atoms with Gasteiger partial charge in [0.25, 0.3) is 0 Å². The first-order valence-corrected chi connectivity index (χ1v) is 6.47. The third-order valence-corrected chi connectivity index (χ3v) is 2.81. The fourth-order valence-electron chi connectivity index (χ4n) is 1.99. The van der Waals surface area contributed by atoms with Crippen molar-refractivity contribution >= 4 is 0 Å². The Kier molecular flexibility index (Phi) is 6.29. The maximum atomic E-state index is 12.4. The summed E-state index contributed by atoms with van der Waals surface area (Å²) in [6.07, 6.45) is -4.19. The van der Waals surface area contributed by atoms with Gasteiger partial charge in [-0.15, -0.1) is 0 Å². The van der Waals surface area contributed by atoms with E-state index < -0.39 is 12.7 Å². The first-order valence-electron chi connectivity index (χ1n) is 6.47. The van der Waals surface area contributed by atoms with E-state index in [-0.39, 0.29) is 6.54 Å². The number of hydrogen-bond donors (Lipinski definition) is 1. The quantitative estimate of drug-likeness (QED) is 0.835. The van der Waals surface area contributed by atoms with Crippen LogP contribution in [0.4, 0.5) is 13.2 Å². The second-order valence-corrected chi connectivity index (χ2v) is 4.71. The number of rotatable bonds is 7. The van der Waals surface area contributed by atoms with Crippen molar-refractivity contribution in [1.29, 1.82) is 0 Å². The Hall–Kier alpha value is -1.27. The minimum atomic E-state index is -4.19. The van der Waals surface area contributed by atoms with Crippen molar-refractivity contribution in [3.8, 4) is 5.75 Å². The van der Waals surface area contributed by atoms with Crippen LogP contribution in [0, 0.1) is 0 Å². The van der Waals surface area contributed by atoms with Crippen molar-refractivity contribution in [2.75, 3.05) is 27.2 Å². The molecule has 6 heteroatoms. The van der Waals surface area contributed by atoms with E-state index in [1.807, 2.05) is 19.1 Å². The fourth-order valence-corrected chi connectivity index (χ4v) is 1.99. The average molecular weight is 290 g/mol. The van der Waals surface area contributed by atoms with Crippen molar-refractivity contribution in [1.82, 2.24) is 10.2 Å². The number of ether oxygens (including phenoxy) is 1. The van der Waals surface area contributed by atoms with E-state index in [1.165, 1.54) is 19.1 Å². The van der Waals surface area contributed by atoms with Crippen LogP contribution >= 0.6 is 0 Å². The van der Waals surface area contributed by atoms with Crippen LogP contribution in [0.1, 0.15) is 18.1 Å². The predicted molar refractivity (Wildman–Crippen MR) is 72.8 cm³/mol. The first-order chi connectivity index (χ1) is 9.35. The van der Waals surface area contributed by atoms with Gasteiger partial charge in [0.2, 0.25) is 0 Å². The molecule has 0 aliphatic heterocycles. The van der Waals surface area contributed by atoms with Crippen LogP contribution in [-0.2, 0) is 13.1 Å². The zero-order valence-corrected chi connectivity index (χ0v) is 12.0. The lowest BCUT2D eigenvalue weighted by Crippen LogP contribution is -2.30. The van der Waals surface area contributed by atoms with Gasteiger partial charge in [0.05, 0.1) is 13.7 Å². The van der Waals surface area contributed by atoms with Gasteiger partial charge >= 0.3 is 6.18 Å². The number of alkyl halides is 3. The van der Waals surface area contributed by atoms with Gasteiger partial charge in [-0.2, -0.15) is 13.2 Å². The topological polar surface area (TPSA) is 24.5 Å². The van der Waals surface area contributed by atoms with Crippen molar-refractivity contribution in [2.45, 2.75) is 26.2 Å². The molecule has 0 aromatic heterocycles. The van der Waals surface area contributed by atoms with Gasteiger partial charge in [-0.05, 0) is 31.3 Å². The summed E-state index contributed by atoms with van der Waals surface area (Å²) in [7, 11) is 2.97. The molecule has 0 aliphatic carbocycles. The highest BCUT2D eigenvalue weighted by molar-refractivity contribution is 5.37. The van der Waals surface area contributed by atoms with Crippen LogP contribution < -0.4 is 10.1 Å². The van der Waals surface area contributed by atoms with Gasteiger partial charge in [0.15, 0.2) is 0 Å². The lowest BCUT2D eigenvalue weighted by Gasteiger charge is -2.20. The summed E-state index contributed by atoms with van der Waals surface area (Å²) >= 11 is 0. The van der Waals surface area contributed by atoms with Crippen molar-refractivity contribution in [3.05, 3.63) is 29.3 Å². The molecule has 20 heavy (non-hydrogen) atoms. The number of methoxy groups -OCH3 is 1. The zero-order valence-electron chi connectivity index (χ0n) is 12.0. The maximum absolute atomic E-state index is 12.4. The van der Waals surface area contributed by atoms with Crippen molar-refractivity contribution in [3.63, 3.8) is 0 Å². The maximum Gasteiger partial charge on any atom is 0.401 e. The first kappa shape index (κ1) is 16.8. The average Bonchev–Trinajstić information content (AvgIpc) is 2.34. The molecule has 0 saturated carbocycles. The highest BCUT2D eigenvalue weighted by Gasteiger charge is 2.29. The van der Waals surface area contributed by atoms with E-state index in [4.69, 9.17) is 4.74 Å². The molecule has 0 unspecified atom stereocenters. The largest absolute Gasteiger partial charge is 0.496 e. The molecule has 0 heterocycles. The molecule has 0 fully saturated rings. The monoisotopic (exact) mass is 290 g/mol. The second-order valence-electron chi connectivity index (χ2n) is 4.71. The number of halogens is 3. The van der Waals surface area contributed by atoms with Crippen LogP contribution in [-0.4, -0.2) is 38.3 Å². The van der Waals surface area contributed by atoms with Gasteiger partial charge in [0.1, 0.15) is 5.75 Å². The summed E-state index contributed by atoms with van der Waals surface area (Å²) in [6.45, 7) is 2.80. The molecule has 0 radical (unpaired) electrons. The summed E-state index contributed by atoms with van der Waals surface area (Å²) in [5.74, 6) is 0.610. The Morgan fingerprint density at radius 3 is 2.55 bits per heavy atom. The van der Waals surface area contributed by atoms with Crippen molar-refractivity contribution in [2.24, 2.45) is 0 Å². The fraction of sp³-hybridized carbons (Fsp3) is 0.571. The number of nitrogens with zero attached hydrogens (tertiary/aromatic N) is 1. The molecule has 0 saturated heterocycles. The van der Waals surface area contributed by atoms with Crippen LogP contribution in [0.5, 0.6) is 5.75 Å². The summed E-state index contributed by atoms with van der Waals surface area (Å²) in [5.41, 5.74) is 1.79. The molecular formula is C14H21F3N2O. The number of nitrogens with one attached hydrogen (secondary N) is 1. The highest BCUT2D eigenvalue weighted by Crippen LogP contribution is 2.23. The standard InChI is InChI=1S/C14H21F3N2O/c1-4-18-8-11-5-6-13(20-3)12(7-11)9-19(2)10-14(15,16)17/h5-7,18H,4,8-10H2,1-3H3. The van der Waals surface area contributed by atoms with Gasteiger partial charge in [-0.25, -0.2) is 0 Å². The van der Waals surface area contributed by atoms with E-state index in [0.29, 0.717) is 12.3 Å². The molecule has 1 aromatic rings. The van der Waals surface area contributed by atoms with Gasteiger partial charge in [0, 0.05) is 18.7 Å². The summed E-state index contributed by atoms with van der Waals surface area (Å²) in [5, 5.41) is 3.19. The number of benzene rings is 1. The van der Waals surface area contributed by atoms with E-state index >= 15 is 0 Å². The van der Waals surface area contributed by atoms with E-state index in [2.05, 4.69) is 5.32 Å². The smallest absolute Gasteiger partial charge is 0.401 e. The third kappa shape index (κ3) is 5.79. The van der Waals surface area contributed by atoms with Gasteiger partial charge in [-0.3, -0.25) is 4.90 Å². The van der Waals surface area contributed by atoms with Crippen LogP contribution in [0.3, 0.4) is 0 Å². The van der Waals surface area contributed by atoms with E-state index in [1.54, 1.807) is 6.07 Å². The van der Waals surface area contributed by atoms with E-state index in [9.17, 15) is 13.2 Å². The van der Waals surface area contributed by atoms with Crippen molar-refractivity contribution < 1.29 is 17.9 Å². The predicted octanol–water partition coefficient (Wildman–Crippen LogP) is 2.80. The number of hydrogen-bond acceptors (Lipinski definition) is 3. The minimum Gasteiger partial charge on any atom is -0.496 e. The lowest BCUT2D eigenvalue weighted by atomic mass is 10.1. The molecule has 0 spiro atoms. The lowest BCUT2D eigenvalue weighted by molar-refractivity contribution is -0.144. The Labute approximate surface area is 117 Å². The van der Waals surface area contributed by atoms with Gasteiger partial charge < -0.3 is 10.1 Å². The summed E-state index contributed by atoms with van der Waals surface area (Å²) < 4.78 is 42.3. The molecule has 0 aliphatic rings. The van der Waals surface area contributed by atoms with Crippen LogP contribution in [0.25, 0.3) is 0 Å². The molecule has 0 bridgehead atoms. The molecular weight excluding hydrogens is 269 g/mol. The minimum absolute atomic E-state index is 0.197. The SMILES string of the molecule is CCNCc1ccc(OC)c(CN(C)CC(F)(F)F)c1. The molecule has 0 atom stereocenters. The zero-order chi connectivity index (χ0) is 15.2. The second kappa shape index (κ2) is 7.50. The summed E-state index contributed by atoms with van der Waals surface area (Å²) in [6, 6.07) is 5.59. The van der Waals surface area contributed by atoms with E-state index in [0.717, 1.165) is 17.7 Å². The summed E-state index contributed by atoms with van der Waals surface area (Å²) in [4.78, 5) is 1.23. The molecule has 0 amide bonds. The Morgan fingerprint density at radius 2 is 2.00 bits per heavy atom. The normalized spacial score (nSPS) is 11.9. The molecule has 114 valence electrons. The Balaban J connectivity index is 2.79.